The Bertz CT molecular complexity index is 154. The first-order valence-corrected chi connectivity index (χ1v) is 6.00. The van der Waals surface area contributed by atoms with Crippen molar-refractivity contribution in [2.75, 3.05) is 0 Å². The van der Waals surface area contributed by atoms with Crippen LogP contribution in [-0.4, -0.2) is 23.4 Å². The lowest BCUT2D eigenvalue weighted by atomic mass is 9.93. The minimum Gasteiger partial charge on any atom is -0.390 e. The van der Waals surface area contributed by atoms with Crippen molar-refractivity contribution in [3.8, 4) is 0 Å². The molecule has 3 unspecified atom stereocenters. The zero-order valence-electron chi connectivity index (χ0n) is 9.70. The van der Waals surface area contributed by atoms with Gasteiger partial charge in [0.05, 0.1) is 18.3 Å². The van der Waals surface area contributed by atoms with Crippen LogP contribution in [0.5, 0.6) is 0 Å². The first kappa shape index (κ1) is 12.0. The third-order valence-corrected chi connectivity index (χ3v) is 3.42. The average Bonchev–Trinajstić information content (AvgIpc) is 2.61. The summed E-state index contributed by atoms with van der Waals surface area (Å²) in [6.45, 7) is 6.47. The molecule has 1 fully saturated rings. The normalized spacial score (nSPS) is 29.8. The van der Waals surface area contributed by atoms with E-state index >= 15 is 0 Å². The molecule has 1 aliphatic heterocycles. The highest BCUT2D eigenvalue weighted by Gasteiger charge is 2.29. The van der Waals surface area contributed by atoms with Gasteiger partial charge in [-0.25, -0.2) is 0 Å². The summed E-state index contributed by atoms with van der Waals surface area (Å²) in [4.78, 5) is 0. The van der Waals surface area contributed by atoms with Crippen LogP contribution in [0.4, 0.5) is 0 Å². The van der Waals surface area contributed by atoms with Crippen LogP contribution in [-0.2, 0) is 4.74 Å². The number of hydrogen-bond acceptors (Lipinski definition) is 2. The van der Waals surface area contributed by atoms with Gasteiger partial charge >= 0.3 is 0 Å². The molecule has 2 nitrogen and oxygen atoms in total. The third-order valence-electron chi connectivity index (χ3n) is 3.42. The maximum absolute atomic E-state index is 9.97. The van der Waals surface area contributed by atoms with Crippen LogP contribution in [0.15, 0.2) is 0 Å². The van der Waals surface area contributed by atoms with Gasteiger partial charge in [-0.05, 0) is 32.1 Å². The van der Waals surface area contributed by atoms with Gasteiger partial charge in [0.25, 0.3) is 0 Å². The Morgan fingerprint density at radius 3 is 2.36 bits per heavy atom. The summed E-state index contributed by atoms with van der Waals surface area (Å²) in [6, 6.07) is 0. The molecule has 3 atom stereocenters. The van der Waals surface area contributed by atoms with Crippen LogP contribution in [0, 0.1) is 5.92 Å². The molecule has 84 valence electrons. The molecule has 1 rings (SSSR count). The molecule has 0 bridgehead atoms. The van der Waals surface area contributed by atoms with E-state index in [1.165, 1.54) is 0 Å². The van der Waals surface area contributed by atoms with Gasteiger partial charge in [-0.2, -0.15) is 0 Å². The molecule has 0 radical (unpaired) electrons. The van der Waals surface area contributed by atoms with Crippen molar-refractivity contribution < 1.29 is 9.84 Å². The zero-order valence-corrected chi connectivity index (χ0v) is 9.70. The molecule has 0 saturated carbocycles. The van der Waals surface area contributed by atoms with Crippen LogP contribution >= 0.6 is 0 Å². The van der Waals surface area contributed by atoms with Crippen molar-refractivity contribution in [3.63, 3.8) is 0 Å². The van der Waals surface area contributed by atoms with Crippen LogP contribution < -0.4 is 0 Å². The highest BCUT2D eigenvalue weighted by molar-refractivity contribution is 4.78. The van der Waals surface area contributed by atoms with Gasteiger partial charge in [0.1, 0.15) is 0 Å². The van der Waals surface area contributed by atoms with E-state index in [-0.39, 0.29) is 12.2 Å². The van der Waals surface area contributed by atoms with E-state index in [0.717, 1.165) is 32.1 Å². The fourth-order valence-corrected chi connectivity index (χ4v) is 2.23. The third kappa shape index (κ3) is 3.25. The molecule has 0 aliphatic carbocycles. The fraction of sp³-hybridized carbons (Fsp3) is 1.00. The Hall–Kier alpha value is -0.0800. The van der Waals surface area contributed by atoms with E-state index < -0.39 is 0 Å². The SMILES string of the molecule is CCC(CC)CC(O)C1CCC(C)O1. The minimum atomic E-state index is -0.246. The molecule has 0 amide bonds. The van der Waals surface area contributed by atoms with Crippen LogP contribution in [0.1, 0.15) is 52.9 Å². The highest BCUT2D eigenvalue weighted by Crippen LogP contribution is 2.26. The second-order valence-electron chi connectivity index (χ2n) is 4.55. The van der Waals surface area contributed by atoms with Crippen molar-refractivity contribution in [2.24, 2.45) is 5.92 Å². The highest BCUT2D eigenvalue weighted by atomic mass is 16.5. The van der Waals surface area contributed by atoms with Crippen molar-refractivity contribution in [1.29, 1.82) is 0 Å². The summed E-state index contributed by atoms with van der Waals surface area (Å²) in [5.41, 5.74) is 0. The molecule has 14 heavy (non-hydrogen) atoms. The molecule has 0 spiro atoms. The Kier molecular flexibility index (Phi) is 4.90. The number of ether oxygens (including phenoxy) is 1. The number of aliphatic hydroxyl groups excluding tert-OH is 1. The summed E-state index contributed by atoms with van der Waals surface area (Å²) in [5, 5.41) is 9.97. The lowest BCUT2D eigenvalue weighted by Gasteiger charge is -2.22. The van der Waals surface area contributed by atoms with Crippen molar-refractivity contribution in [2.45, 2.75) is 71.2 Å². The van der Waals surface area contributed by atoms with Crippen LogP contribution in [0.2, 0.25) is 0 Å². The maximum Gasteiger partial charge on any atom is 0.0838 e. The lowest BCUT2D eigenvalue weighted by molar-refractivity contribution is -0.0378. The summed E-state index contributed by atoms with van der Waals surface area (Å²) >= 11 is 0. The molecule has 1 heterocycles. The quantitative estimate of drug-likeness (QED) is 0.739. The van der Waals surface area contributed by atoms with Crippen molar-refractivity contribution >= 4 is 0 Å². The minimum absolute atomic E-state index is 0.102. The summed E-state index contributed by atoms with van der Waals surface area (Å²) < 4.78 is 5.66. The van der Waals surface area contributed by atoms with Gasteiger partial charge in [0, 0.05) is 0 Å². The fourth-order valence-electron chi connectivity index (χ4n) is 2.23. The van der Waals surface area contributed by atoms with E-state index in [1.807, 2.05) is 0 Å². The van der Waals surface area contributed by atoms with Gasteiger partial charge < -0.3 is 9.84 Å². The molecule has 1 aliphatic rings. The average molecular weight is 200 g/mol. The molecule has 0 aromatic carbocycles. The number of rotatable bonds is 5. The number of aliphatic hydroxyl groups is 1. The van der Waals surface area contributed by atoms with E-state index in [9.17, 15) is 5.11 Å². The monoisotopic (exact) mass is 200 g/mol. The van der Waals surface area contributed by atoms with Gasteiger partial charge in [0.2, 0.25) is 0 Å². The van der Waals surface area contributed by atoms with E-state index in [0.29, 0.717) is 12.0 Å². The van der Waals surface area contributed by atoms with Gasteiger partial charge in [-0.3, -0.25) is 0 Å². The van der Waals surface area contributed by atoms with E-state index in [1.54, 1.807) is 0 Å². The molecule has 1 saturated heterocycles. The van der Waals surface area contributed by atoms with Gasteiger partial charge in [-0.15, -0.1) is 0 Å². The standard InChI is InChI=1S/C12H24O2/c1-4-10(5-2)8-11(13)12-7-6-9(3)14-12/h9-13H,4-8H2,1-3H3. The second-order valence-corrected chi connectivity index (χ2v) is 4.55. The molecule has 2 heteroatoms. The predicted octanol–water partition coefficient (Wildman–Crippen LogP) is 2.74. The Morgan fingerprint density at radius 2 is 1.93 bits per heavy atom. The second kappa shape index (κ2) is 5.72. The largest absolute Gasteiger partial charge is 0.390 e. The lowest BCUT2D eigenvalue weighted by Crippen LogP contribution is -2.28. The Balaban J connectivity index is 2.30. The topological polar surface area (TPSA) is 29.5 Å². The summed E-state index contributed by atoms with van der Waals surface area (Å²) in [5.74, 6) is 0.657. The Morgan fingerprint density at radius 1 is 1.29 bits per heavy atom. The first-order chi connectivity index (χ1) is 6.67. The van der Waals surface area contributed by atoms with Crippen LogP contribution in [0.25, 0.3) is 0 Å². The molecule has 0 aromatic rings. The maximum atomic E-state index is 9.97. The predicted molar refractivity (Wildman–Crippen MR) is 58.3 cm³/mol. The Labute approximate surface area is 87.7 Å². The molecule has 0 aromatic heterocycles. The summed E-state index contributed by atoms with van der Waals surface area (Å²) in [7, 11) is 0. The first-order valence-electron chi connectivity index (χ1n) is 6.00. The molecule has 1 N–H and O–H groups in total. The van der Waals surface area contributed by atoms with Crippen molar-refractivity contribution in [1.82, 2.24) is 0 Å². The van der Waals surface area contributed by atoms with E-state index in [2.05, 4.69) is 20.8 Å². The zero-order chi connectivity index (χ0) is 10.6. The van der Waals surface area contributed by atoms with Gasteiger partial charge in [0.15, 0.2) is 0 Å². The smallest absolute Gasteiger partial charge is 0.0838 e. The molecular weight excluding hydrogens is 176 g/mol. The number of hydrogen-bond donors (Lipinski definition) is 1. The summed E-state index contributed by atoms with van der Waals surface area (Å²) in [6.07, 6.45) is 5.57. The van der Waals surface area contributed by atoms with Crippen LogP contribution in [0.3, 0.4) is 0 Å². The van der Waals surface area contributed by atoms with Gasteiger partial charge in [-0.1, -0.05) is 26.7 Å². The van der Waals surface area contributed by atoms with E-state index in [4.69, 9.17) is 4.74 Å². The molecular formula is C12H24O2. The van der Waals surface area contributed by atoms with Crippen molar-refractivity contribution in [3.05, 3.63) is 0 Å².